The maximum Gasteiger partial charge on any atom is 2.00 e. The van der Waals surface area contributed by atoms with Crippen LogP contribution < -0.4 is 41.5 Å². The SMILES string of the molecule is Cn1c(-c2[c-]c([Si](c3[c-]c(C4c5cc6oc7ccccc7c6cc5[Si](c5ccccc5)(c5ccccc5)c5cccnc54)ccc3)(c3ccccc3)c3ccccc3)ccc2)nc2ccccc21.[Pd+2]. The van der Waals surface area contributed by atoms with Gasteiger partial charge in [-0.25, -0.2) is 0 Å². The Kier molecular flexibility index (Phi) is 10.7. The van der Waals surface area contributed by atoms with Crippen LogP contribution in [0.4, 0.5) is 0 Å². The van der Waals surface area contributed by atoms with Crippen LogP contribution in [0.2, 0.25) is 0 Å². The third-order valence-corrected chi connectivity index (χ3v) is 23.8. The maximum atomic E-state index is 6.78. The van der Waals surface area contributed by atoms with Gasteiger partial charge in [-0.15, -0.1) is 40.6 Å². The van der Waals surface area contributed by atoms with E-state index in [4.69, 9.17) is 14.4 Å². The molecule has 0 amide bonds. The van der Waals surface area contributed by atoms with E-state index in [0.717, 1.165) is 66.0 Å². The zero-order chi connectivity index (χ0) is 45.2. The van der Waals surface area contributed by atoms with Gasteiger partial charge in [-0.3, -0.25) is 9.97 Å². The van der Waals surface area contributed by atoms with Crippen LogP contribution in [0.25, 0.3) is 44.4 Å². The van der Waals surface area contributed by atoms with Crippen molar-refractivity contribution >= 4 is 90.6 Å². The summed E-state index contributed by atoms with van der Waals surface area (Å²) in [7, 11) is -4.09. The molecule has 12 aromatic rings. The molecule has 0 fully saturated rings. The fourth-order valence-corrected chi connectivity index (χ4v) is 21.3. The summed E-state index contributed by atoms with van der Waals surface area (Å²) in [4.78, 5) is 10.6. The third-order valence-electron chi connectivity index (χ3n) is 14.4. The molecule has 7 heteroatoms. The number of hydrogen-bond acceptors (Lipinski definition) is 3. The van der Waals surface area contributed by atoms with E-state index in [1.807, 2.05) is 12.3 Å². The average molecular weight is 1010 g/mol. The fraction of sp³-hybridized carbons (Fsp3) is 0.0323. The van der Waals surface area contributed by atoms with Crippen LogP contribution in [0.5, 0.6) is 0 Å². The van der Waals surface area contributed by atoms with Crippen molar-refractivity contribution in [1.29, 1.82) is 0 Å². The van der Waals surface area contributed by atoms with Crippen LogP contribution >= 0.6 is 0 Å². The van der Waals surface area contributed by atoms with Crippen LogP contribution in [0.1, 0.15) is 22.7 Å². The molecule has 1 aliphatic heterocycles. The van der Waals surface area contributed by atoms with Crippen molar-refractivity contribution in [3.8, 4) is 11.4 Å². The number of hydrogen-bond donors (Lipinski definition) is 0. The molecule has 0 saturated carbocycles. The van der Waals surface area contributed by atoms with Crippen LogP contribution in [0, 0.1) is 12.1 Å². The zero-order valence-corrected chi connectivity index (χ0v) is 41.2. The first kappa shape index (κ1) is 42.8. The van der Waals surface area contributed by atoms with Crippen molar-refractivity contribution < 1.29 is 24.8 Å². The number of nitrogens with zero attached hydrogens (tertiary/aromatic N) is 3. The number of rotatable bonds is 8. The summed E-state index contributed by atoms with van der Waals surface area (Å²) in [5.41, 5.74) is 8.10. The summed E-state index contributed by atoms with van der Waals surface area (Å²) in [5, 5.41) is 12.3. The van der Waals surface area contributed by atoms with E-state index in [-0.39, 0.29) is 26.3 Å². The van der Waals surface area contributed by atoms with Gasteiger partial charge in [0, 0.05) is 29.9 Å². The van der Waals surface area contributed by atoms with Crippen molar-refractivity contribution in [2.75, 3.05) is 0 Å². The molecular weight excluding hydrogens is 965 g/mol. The van der Waals surface area contributed by atoms with Crippen LogP contribution in [0.3, 0.4) is 0 Å². The minimum Gasteiger partial charge on any atom is -0.456 e. The minimum atomic E-state index is -3.18. The van der Waals surface area contributed by atoms with E-state index in [1.165, 1.54) is 36.7 Å². The normalized spacial score (nSPS) is 14.0. The molecule has 4 heterocycles. The molecule has 1 aliphatic rings. The van der Waals surface area contributed by atoms with Gasteiger partial charge in [-0.1, -0.05) is 158 Å². The van der Waals surface area contributed by atoms with Crippen molar-refractivity contribution in [2.45, 2.75) is 5.92 Å². The number of furan rings is 1. The second kappa shape index (κ2) is 17.2. The van der Waals surface area contributed by atoms with E-state index >= 15 is 0 Å². The van der Waals surface area contributed by atoms with Gasteiger partial charge in [-0.05, 0) is 73.1 Å². The number of benzene rings is 9. The van der Waals surface area contributed by atoms with E-state index in [1.54, 1.807) is 0 Å². The molecule has 3 aromatic heterocycles. The molecule has 0 N–H and O–H groups in total. The molecule has 0 radical (unpaired) electrons. The van der Waals surface area contributed by atoms with Gasteiger partial charge in [0.2, 0.25) is 0 Å². The van der Waals surface area contributed by atoms with Crippen molar-refractivity contribution in [2.24, 2.45) is 7.05 Å². The molecule has 13 rings (SSSR count). The Bertz CT molecular complexity index is 3760. The van der Waals surface area contributed by atoms with E-state index in [2.05, 4.69) is 248 Å². The molecule has 0 aliphatic carbocycles. The predicted molar refractivity (Wildman–Crippen MR) is 284 cm³/mol. The molecule has 4 nitrogen and oxygen atoms in total. The second-order valence-electron chi connectivity index (χ2n) is 17.8. The molecule has 0 saturated heterocycles. The first-order valence-electron chi connectivity index (χ1n) is 23.2. The van der Waals surface area contributed by atoms with Crippen molar-refractivity contribution in [3.05, 3.63) is 266 Å². The third kappa shape index (κ3) is 6.57. The largest absolute Gasteiger partial charge is 2.00 e. The number of fused-ring (bicyclic) bond motifs is 6. The molecular formula is C62H43N3OPdSi2. The topological polar surface area (TPSA) is 43.9 Å². The van der Waals surface area contributed by atoms with Crippen LogP contribution in [0.15, 0.2) is 241 Å². The Morgan fingerprint density at radius 3 is 1.84 bits per heavy atom. The predicted octanol–water partition coefficient (Wildman–Crippen LogP) is 8.38. The first-order chi connectivity index (χ1) is 33.6. The Morgan fingerprint density at radius 1 is 0.536 bits per heavy atom. The molecule has 0 bridgehead atoms. The summed E-state index contributed by atoms with van der Waals surface area (Å²) < 4.78 is 8.96. The van der Waals surface area contributed by atoms with E-state index in [0.29, 0.717) is 0 Å². The summed E-state index contributed by atoms with van der Waals surface area (Å²) in [6.45, 7) is 0. The first-order valence-corrected chi connectivity index (χ1v) is 27.2. The minimum absolute atomic E-state index is 0. The van der Waals surface area contributed by atoms with E-state index in [9.17, 15) is 0 Å². The smallest absolute Gasteiger partial charge is 0.456 e. The summed E-state index contributed by atoms with van der Waals surface area (Å²) >= 11 is 0. The molecule has 0 spiro atoms. The number of para-hydroxylation sites is 3. The summed E-state index contributed by atoms with van der Waals surface area (Å²) in [6, 6.07) is 92.4. The van der Waals surface area contributed by atoms with Crippen molar-refractivity contribution in [3.63, 3.8) is 0 Å². The summed E-state index contributed by atoms with van der Waals surface area (Å²) in [6.07, 6.45) is 1.98. The number of imidazole rings is 1. The van der Waals surface area contributed by atoms with Gasteiger partial charge in [0.1, 0.15) is 19.2 Å². The zero-order valence-electron chi connectivity index (χ0n) is 37.7. The number of aromatic nitrogens is 3. The Hall–Kier alpha value is -7.50. The Balaban J connectivity index is 0.00000492. The molecule has 1 unspecified atom stereocenters. The van der Waals surface area contributed by atoms with Gasteiger partial charge < -0.3 is 8.98 Å². The Labute approximate surface area is 417 Å². The maximum absolute atomic E-state index is 6.78. The monoisotopic (exact) mass is 1010 g/mol. The quantitative estimate of drug-likeness (QED) is 0.0874. The van der Waals surface area contributed by atoms with Gasteiger partial charge >= 0.3 is 20.4 Å². The summed E-state index contributed by atoms with van der Waals surface area (Å²) in [5.74, 6) is 0.637. The molecule has 69 heavy (non-hydrogen) atoms. The fourth-order valence-electron chi connectivity index (χ4n) is 11.5. The van der Waals surface area contributed by atoms with Crippen LogP contribution in [-0.4, -0.2) is 30.7 Å². The average Bonchev–Trinajstić information content (AvgIpc) is 3.95. The van der Waals surface area contributed by atoms with Gasteiger partial charge in [0.05, 0.1) is 22.6 Å². The number of pyridine rings is 1. The number of aryl methyl sites for hydroxylation is 1. The Morgan fingerprint density at radius 2 is 1.14 bits per heavy atom. The second-order valence-corrected chi connectivity index (χ2v) is 25.3. The molecule has 1 atom stereocenters. The van der Waals surface area contributed by atoms with Crippen LogP contribution in [-0.2, 0) is 27.5 Å². The molecule has 330 valence electrons. The van der Waals surface area contributed by atoms with Gasteiger partial charge in [0.15, 0.2) is 8.07 Å². The standard InChI is InChI=1S/C62H43N3OSi2.Pd/c1-65-55-35-16-15-34-54(55)64-62(65)44-22-19-32-50(40-44)67(45-23-6-2-7-24-45,46-25-8-3-9-26-46)49-31-18-21-43(39-49)60-53-41-57-52(51-33-14-17-36-56(51)66-57)42-59(53)68(47-27-10-4-11-28-47,48-29-12-5-13-30-48)58-37-20-38-63-61(58)60;/h2-38,41-42,60H,1H3;/q-2;+2. The van der Waals surface area contributed by atoms with Gasteiger partial charge in [-0.2, -0.15) is 29.5 Å². The van der Waals surface area contributed by atoms with Gasteiger partial charge in [0.25, 0.3) is 0 Å². The molecule has 9 aromatic carbocycles. The van der Waals surface area contributed by atoms with Crippen molar-refractivity contribution in [1.82, 2.24) is 14.5 Å². The van der Waals surface area contributed by atoms with E-state index < -0.39 is 16.1 Å².